The number of nitrogens with one attached hydrogen (secondary N) is 2. The number of hydrogen-bond donors (Lipinski definition) is 2. The molecule has 0 radical (unpaired) electrons. The van der Waals surface area contributed by atoms with Gasteiger partial charge in [0.25, 0.3) is 15.9 Å². The van der Waals surface area contributed by atoms with Crippen molar-refractivity contribution in [1.29, 1.82) is 0 Å². The van der Waals surface area contributed by atoms with Gasteiger partial charge in [-0.3, -0.25) is 9.59 Å². The second kappa shape index (κ2) is 8.04. The van der Waals surface area contributed by atoms with Crippen molar-refractivity contribution in [3.8, 4) is 0 Å². The molecule has 3 aromatic rings. The average molecular weight is 461 g/mol. The largest absolute Gasteiger partial charge is 0.337 e. The lowest BCUT2D eigenvalue weighted by Gasteiger charge is -2.14. The van der Waals surface area contributed by atoms with Crippen LogP contribution in [-0.4, -0.2) is 25.3 Å². The minimum absolute atomic E-state index is 0.0436. The number of hydrogen-bond acceptors (Lipinski definition) is 7. The van der Waals surface area contributed by atoms with Crippen molar-refractivity contribution in [3.63, 3.8) is 0 Å². The summed E-state index contributed by atoms with van der Waals surface area (Å²) in [6, 6.07) is -0.308. The van der Waals surface area contributed by atoms with Crippen LogP contribution in [0.1, 0.15) is 64.3 Å². The Bertz CT molecular complexity index is 1720. The summed E-state index contributed by atoms with van der Waals surface area (Å²) in [4.78, 5) is 24.6. The Labute approximate surface area is 196 Å². The van der Waals surface area contributed by atoms with E-state index in [1.54, 1.807) is 0 Å². The molecule has 0 bridgehead atoms. The molecule has 0 fully saturated rings. The van der Waals surface area contributed by atoms with E-state index in [4.69, 9.17) is 17.9 Å². The number of aromatic nitrogens is 1. The van der Waals surface area contributed by atoms with Gasteiger partial charge in [-0.1, -0.05) is 11.2 Å². The number of amides is 1. The smallest absolute Gasteiger partial charge is 0.267 e. The predicted molar refractivity (Wildman–Crippen MR) is 115 cm³/mol. The molecule has 2 N–H and O–H groups in total. The van der Waals surface area contributed by atoms with Crippen LogP contribution in [0.2, 0.25) is 2.82 Å². The van der Waals surface area contributed by atoms with Crippen LogP contribution in [0.3, 0.4) is 0 Å². The first-order valence-electron chi connectivity index (χ1n) is 14.4. The molecule has 0 aliphatic rings. The standard InChI is InChI=1S/C20H21N3O5S2/c1-10-8-11(2)17(15(9-10)14(5)24)21-19(25)18-16(6-7-29-18)30(26,27)23-20-12(3)13(4)22-28-20/h6-9,23H,1-5H3,(H,21,25)/i3D3,4D3,5D3,8D,9D/hD2. The van der Waals surface area contributed by atoms with Gasteiger partial charge in [-0.05, 0) is 63.0 Å². The van der Waals surface area contributed by atoms with E-state index in [9.17, 15) is 18.0 Å². The zero-order chi connectivity index (χ0) is 33.2. The number of aryl methyl sites for hydroxylation is 1. The van der Waals surface area contributed by atoms with E-state index in [2.05, 4.69) is 9.68 Å². The number of Topliss-reactive ketones (excluding diaryl/α,β-unsaturated/α-hetero) is 1. The minimum Gasteiger partial charge on any atom is -0.337 e. The van der Waals surface area contributed by atoms with E-state index in [1.807, 2.05) is 0 Å². The molecule has 0 atom stereocenters. The van der Waals surface area contributed by atoms with Crippen LogP contribution in [-0.2, 0) is 10.0 Å². The van der Waals surface area contributed by atoms with Gasteiger partial charge in [0, 0.05) is 23.5 Å². The number of thiophene rings is 1. The molecule has 0 aliphatic carbocycles. The van der Waals surface area contributed by atoms with Gasteiger partial charge in [0.1, 0.15) is 9.77 Å². The van der Waals surface area contributed by atoms with Gasteiger partial charge in [-0.15, -0.1) is 11.3 Å². The number of carbonyl (C=O) groups is 2. The Morgan fingerprint density at radius 2 is 2.10 bits per heavy atom. The number of carbonyl (C=O) groups excluding carboxylic acids is 2. The SMILES string of the molecule is [2H]c1c(C)c([2H])c(C(=O)C([2H])([2H])[2H])c(N([2H])C(=O)c2sccc2S(=O)(=O)N([2H])c2onc(C([2H])([2H])[2H])c2C([2H])([2H])[2H])c1C. The van der Waals surface area contributed by atoms with Crippen LogP contribution in [0, 0.1) is 27.6 Å². The molecule has 1 amide bonds. The lowest BCUT2D eigenvalue weighted by atomic mass is 10.0. The molecule has 0 saturated carbocycles. The Hall–Kier alpha value is -2.98. The number of benzene rings is 1. The topological polar surface area (TPSA) is 118 Å². The van der Waals surface area contributed by atoms with E-state index in [0.717, 1.165) is 11.4 Å². The van der Waals surface area contributed by atoms with E-state index in [1.165, 1.54) is 13.8 Å². The summed E-state index contributed by atoms with van der Waals surface area (Å²) >= 11 is 0.439. The Morgan fingerprint density at radius 1 is 1.30 bits per heavy atom. The van der Waals surface area contributed by atoms with E-state index >= 15 is 0 Å². The second-order valence-corrected chi connectivity index (χ2v) is 8.35. The highest BCUT2D eigenvalue weighted by Crippen LogP contribution is 2.29. The summed E-state index contributed by atoms with van der Waals surface area (Å²) in [6.07, 6.45) is 0. The molecule has 2 heterocycles. The minimum atomic E-state index is -5.26. The van der Waals surface area contributed by atoms with Gasteiger partial charge in [0.15, 0.2) is 8.61 Å². The molecular formula is C20H21N3O5S2. The van der Waals surface area contributed by atoms with Gasteiger partial charge in [0.2, 0.25) is 5.88 Å². The Balaban J connectivity index is 2.20. The molecule has 30 heavy (non-hydrogen) atoms. The van der Waals surface area contributed by atoms with Crippen molar-refractivity contribution in [2.75, 3.05) is 10.0 Å². The van der Waals surface area contributed by atoms with Crippen molar-refractivity contribution >= 4 is 44.6 Å². The van der Waals surface area contributed by atoms with Gasteiger partial charge < -0.3 is 9.83 Å². The Morgan fingerprint density at radius 3 is 2.80 bits per heavy atom. The van der Waals surface area contributed by atoms with Crippen LogP contribution in [0.5, 0.6) is 0 Å². The summed E-state index contributed by atoms with van der Waals surface area (Å²) in [6.45, 7) is -7.35. The fourth-order valence-electron chi connectivity index (χ4n) is 2.42. The fraction of sp³-hybridized carbons (Fsp3) is 0.250. The Kier molecular flexibility index (Phi) is 2.78. The molecule has 8 nitrogen and oxygen atoms in total. The van der Waals surface area contributed by atoms with E-state index in [0.29, 0.717) is 11.3 Å². The van der Waals surface area contributed by atoms with Crippen molar-refractivity contribution in [2.45, 2.75) is 39.3 Å². The fourth-order valence-corrected chi connectivity index (χ4v) is 4.64. The number of sulfonamides is 1. The maximum absolute atomic E-state index is 13.5. The quantitative estimate of drug-likeness (QED) is 0.532. The molecule has 0 aliphatic heterocycles. The molecule has 158 valence electrons. The van der Waals surface area contributed by atoms with Gasteiger partial charge in [-0.25, -0.2) is 13.1 Å². The van der Waals surface area contributed by atoms with Crippen molar-refractivity contribution in [2.24, 2.45) is 0 Å². The van der Waals surface area contributed by atoms with Crippen LogP contribution >= 0.6 is 11.3 Å². The normalized spacial score (nSPS) is 18.9. The third-order valence-electron chi connectivity index (χ3n) is 3.70. The monoisotopic (exact) mass is 460 g/mol. The predicted octanol–water partition coefficient (Wildman–Crippen LogP) is 4.23. The first-order chi connectivity index (χ1) is 19.4. The van der Waals surface area contributed by atoms with Crippen molar-refractivity contribution in [1.82, 2.24) is 5.16 Å². The van der Waals surface area contributed by atoms with Crippen LogP contribution in [0.4, 0.5) is 11.6 Å². The lowest BCUT2D eigenvalue weighted by molar-refractivity contribution is 0.101. The molecule has 2 aromatic heterocycles. The molecule has 0 saturated heterocycles. The molecule has 0 spiro atoms. The number of nitrogens with zero attached hydrogens (tertiary/aromatic N) is 1. The summed E-state index contributed by atoms with van der Waals surface area (Å²) in [5, 5.41) is 4.15. The molecule has 0 unspecified atom stereocenters. The van der Waals surface area contributed by atoms with Crippen molar-refractivity contribution in [3.05, 3.63) is 56.4 Å². The zero-order valence-corrected chi connectivity index (χ0v) is 17.0. The van der Waals surface area contributed by atoms with Crippen LogP contribution < -0.4 is 10.0 Å². The summed E-state index contributed by atoms with van der Waals surface area (Å²) < 4.78 is 132. The summed E-state index contributed by atoms with van der Waals surface area (Å²) in [5.41, 5.74) is -4.30. The number of anilines is 2. The maximum Gasteiger partial charge on any atom is 0.267 e. The average Bonchev–Trinajstić information content (AvgIpc) is 3.55. The van der Waals surface area contributed by atoms with E-state index < -0.39 is 97.2 Å². The third kappa shape index (κ3) is 4.14. The highest BCUT2D eigenvalue weighted by molar-refractivity contribution is 7.93. The molecular weight excluding hydrogens is 426 g/mol. The zero-order valence-electron chi connectivity index (χ0n) is 28.4. The van der Waals surface area contributed by atoms with Crippen LogP contribution in [0.25, 0.3) is 0 Å². The van der Waals surface area contributed by atoms with Gasteiger partial charge in [-0.2, -0.15) is 0 Å². The number of ketones is 1. The second-order valence-electron chi connectivity index (χ2n) is 5.86. The summed E-state index contributed by atoms with van der Waals surface area (Å²) in [5.74, 6) is -4.38. The summed E-state index contributed by atoms with van der Waals surface area (Å²) in [7, 11) is -5.26. The first kappa shape index (κ1) is 10.4. The van der Waals surface area contributed by atoms with Gasteiger partial charge >= 0.3 is 0 Å². The lowest BCUT2D eigenvalue weighted by Crippen LogP contribution is -2.20. The third-order valence-corrected chi connectivity index (χ3v) is 6.03. The highest BCUT2D eigenvalue weighted by Gasteiger charge is 2.27. The molecule has 10 heteroatoms. The van der Waals surface area contributed by atoms with E-state index in [-0.39, 0.29) is 16.4 Å². The molecule has 1 aromatic carbocycles. The number of rotatable bonds is 6. The molecule has 3 rings (SSSR count). The maximum atomic E-state index is 13.5. The van der Waals surface area contributed by atoms with Gasteiger partial charge in [0.05, 0.1) is 14.1 Å². The first-order valence-corrected chi connectivity index (χ1v) is 10.3. The van der Waals surface area contributed by atoms with Crippen LogP contribution in [0.15, 0.2) is 32.9 Å². The van der Waals surface area contributed by atoms with Crippen molar-refractivity contribution < 1.29 is 40.4 Å². The highest BCUT2D eigenvalue weighted by atomic mass is 32.2.